The Kier molecular flexibility index (Phi) is 2.54. The van der Waals surface area contributed by atoms with Gasteiger partial charge in [-0.15, -0.1) is 0 Å². The lowest BCUT2D eigenvalue weighted by atomic mass is 9.82. The summed E-state index contributed by atoms with van der Waals surface area (Å²) in [6, 6.07) is 24.3. The molecule has 0 saturated heterocycles. The molecule has 1 atom stereocenters. The molecule has 102 valence electrons. The average molecular weight is 272 g/mol. The second-order valence-electron chi connectivity index (χ2n) is 5.62. The van der Waals surface area contributed by atoms with Gasteiger partial charge in [0.15, 0.2) is 0 Å². The van der Waals surface area contributed by atoms with Gasteiger partial charge < -0.3 is 5.11 Å². The van der Waals surface area contributed by atoms with Gasteiger partial charge in [0.25, 0.3) is 0 Å². The smallest absolute Gasteiger partial charge is 0.142 e. The molecule has 0 saturated carbocycles. The maximum Gasteiger partial charge on any atom is 0.142 e. The molecule has 1 aliphatic carbocycles. The standard InChI is InChI=1S/C20H16O/c1-14-8-7-12-17-16-11-5-6-13-18(16)20(21,19(14)17)15-9-3-2-4-10-15/h2-13,21H,1H3. The fourth-order valence-electron chi connectivity index (χ4n) is 3.52. The van der Waals surface area contributed by atoms with E-state index in [1.807, 2.05) is 48.5 Å². The van der Waals surface area contributed by atoms with Crippen LogP contribution in [0.25, 0.3) is 11.1 Å². The minimum Gasteiger partial charge on any atom is -0.376 e. The molecule has 0 heterocycles. The van der Waals surface area contributed by atoms with Gasteiger partial charge >= 0.3 is 0 Å². The summed E-state index contributed by atoms with van der Waals surface area (Å²) in [4.78, 5) is 0. The van der Waals surface area contributed by atoms with Crippen molar-refractivity contribution in [2.45, 2.75) is 12.5 Å². The summed E-state index contributed by atoms with van der Waals surface area (Å²) in [6.45, 7) is 2.07. The van der Waals surface area contributed by atoms with Gasteiger partial charge in [-0.3, -0.25) is 0 Å². The maximum atomic E-state index is 11.6. The van der Waals surface area contributed by atoms with Crippen LogP contribution in [0.15, 0.2) is 72.8 Å². The normalized spacial score (nSPS) is 19.1. The zero-order valence-electron chi connectivity index (χ0n) is 11.9. The third-order valence-corrected chi connectivity index (χ3v) is 4.43. The van der Waals surface area contributed by atoms with Gasteiger partial charge in [-0.05, 0) is 29.2 Å². The Morgan fingerprint density at radius 1 is 0.714 bits per heavy atom. The molecule has 0 bridgehead atoms. The van der Waals surface area contributed by atoms with Crippen LogP contribution in [-0.2, 0) is 5.60 Å². The van der Waals surface area contributed by atoms with E-state index < -0.39 is 5.60 Å². The fraction of sp³-hybridized carbons (Fsp3) is 0.100. The molecule has 1 unspecified atom stereocenters. The van der Waals surface area contributed by atoms with Crippen molar-refractivity contribution < 1.29 is 5.11 Å². The molecule has 1 aliphatic rings. The van der Waals surface area contributed by atoms with E-state index in [0.717, 1.165) is 33.4 Å². The van der Waals surface area contributed by atoms with Gasteiger partial charge in [-0.2, -0.15) is 0 Å². The lowest BCUT2D eigenvalue weighted by Gasteiger charge is -2.27. The van der Waals surface area contributed by atoms with Crippen molar-refractivity contribution >= 4 is 0 Å². The Bertz CT molecular complexity index is 820. The van der Waals surface area contributed by atoms with Crippen molar-refractivity contribution in [3.05, 3.63) is 95.1 Å². The summed E-state index contributed by atoms with van der Waals surface area (Å²) in [5, 5.41) is 11.6. The lowest BCUT2D eigenvalue weighted by Crippen LogP contribution is -2.26. The number of fused-ring (bicyclic) bond motifs is 3. The minimum absolute atomic E-state index is 0.922. The van der Waals surface area contributed by atoms with Gasteiger partial charge in [0.1, 0.15) is 5.60 Å². The van der Waals surface area contributed by atoms with Crippen LogP contribution < -0.4 is 0 Å². The molecule has 0 aromatic heterocycles. The van der Waals surface area contributed by atoms with Gasteiger partial charge in [-0.1, -0.05) is 72.8 Å². The first kappa shape index (κ1) is 12.4. The van der Waals surface area contributed by atoms with E-state index in [-0.39, 0.29) is 0 Å². The Morgan fingerprint density at radius 3 is 2.19 bits per heavy atom. The summed E-state index contributed by atoms with van der Waals surface area (Å²) in [6.07, 6.45) is 0. The molecule has 0 fully saturated rings. The van der Waals surface area contributed by atoms with Crippen LogP contribution in [-0.4, -0.2) is 5.11 Å². The van der Waals surface area contributed by atoms with Crippen LogP contribution >= 0.6 is 0 Å². The second kappa shape index (κ2) is 4.31. The maximum absolute atomic E-state index is 11.6. The summed E-state index contributed by atoms with van der Waals surface area (Å²) in [5.74, 6) is 0. The molecule has 1 N–H and O–H groups in total. The SMILES string of the molecule is Cc1cccc2c1C(O)(c1ccccc1)c1ccccc1-2. The average Bonchev–Trinajstić information content (AvgIpc) is 2.81. The molecule has 3 aromatic carbocycles. The molecule has 0 amide bonds. The monoisotopic (exact) mass is 272 g/mol. The number of hydrogen-bond donors (Lipinski definition) is 1. The van der Waals surface area contributed by atoms with Crippen LogP contribution in [0, 0.1) is 6.92 Å². The van der Waals surface area contributed by atoms with Gasteiger partial charge in [0.05, 0.1) is 0 Å². The van der Waals surface area contributed by atoms with Crippen molar-refractivity contribution in [1.82, 2.24) is 0 Å². The predicted octanol–water partition coefficient (Wildman–Crippen LogP) is 4.26. The summed E-state index contributed by atoms with van der Waals surface area (Å²) < 4.78 is 0. The first-order valence-corrected chi connectivity index (χ1v) is 7.21. The third-order valence-electron chi connectivity index (χ3n) is 4.43. The van der Waals surface area contributed by atoms with E-state index in [2.05, 4.69) is 31.2 Å². The van der Waals surface area contributed by atoms with Crippen LogP contribution in [0.5, 0.6) is 0 Å². The van der Waals surface area contributed by atoms with E-state index in [1.165, 1.54) is 0 Å². The van der Waals surface area contributed by atoms with E-state index in [0.29, 0.717) is 0 Å². The molecule has 21 heavy (non-hydrogen) atoms. The highest BCUT2D eigenvalue weighted by Crippen LogP contribution is 2.51. The van der Waals surface area contributed by atoms with Crippen LogP contribution in [0.4, 0.5) is 0 Å². The first-order valence-electron chi connectivity index (χ1n) is 7.21. The highest BCUT2D eigenvalue weighted by atomic mass is 16.3. The third kappa shape index (κ3) is 1.55. The minimum atomic E-state index is -1.06. The summed E-state index contributed by atoms with van der Waals surface area (Å²) in [5.41, 5.74) is 5.23. The highest BCUT2D eigenvalue weighted by Gasteiger charge is 2.43. The lowest BCUT2D eigenvalue weighted by molar-refractivity contribution is 0.130. The number of aryl methyl sites for hydroxylation is 1. The van der Waals surface area contributed by atoms with Crippen molar-refractivity contribution in [3.63, 3.8) is 0 Å². The first-order chi connectivity index (χ1) is 10.2. The Morgan fingerprint density at radius 2 is 1.38 bits per heavy atom. The van der Waals surface area contributed by atoms with Gasteiger partial charge in [0, 0.05) is 11.1 Å². The number of rotatable bonds is 1. The molecule has 1 heteroatoms. The molecular weight excluding hydrogens is 256 g/mol. The quantitative estimate of drug-likeness (QED) is 0.701. The van der Waals surface area contributed by atoms with E-state index in [4.69, 9.17) is 0 Å². The highest BCUT2D eigenvalue weighted by molar-refractivity contribution is 5.83. The number of aliphatic hydroxyl groups is 1. The Labute approximate surface area is 124 Å². The summed E-state index contributed by atoms with van der Waals surface area (Å²) in [7, 11) is 0. The van der Waals surface area contributed by atoms with Crippen LogP contribution in [0.2, 0.25) is 0 Å². The number of benzene rings is 3. The molecule has 0 radical (unpaired) electrons. The molecular formula is C20H16O. The zero-order chi connectivity index (χ0) is 14.4. The summed E-state index contributed by atoms with van der Waals surface area (Å²) >= 11 is 0. The van der Waals surface area contributed by atoms with E-state index in [1.54, 1.807) is 0 Å². The van der Waals surface area contributed by atoms with Crippen molar-refractivity contribution in [2.24, 2.45) is 0 Å². The van der Waals surface area contributed by atoms with Crippen molar-refractivity contribution in [3.8, 4) is 11.1 Å². The van der Waals surface area contributed by atoms with Crippen LogP contribution in [0.3, 0.4) is 0 Å². The zero-order valence-corrected chi connectivity index (χ0v) is 11.9. The largest absolute Gasteiger partial charge is 0.376 e. The molecule has 4 rings (SSSR count). The van der Waals surface area contributed by atoms with Crippen molar-refractivity contribution in [2.75, 3.05) is 0 Å². The topological polar surface area (TPSA) is 20.2 Å². The molecule has 0 spiro atoms. The molecule has 1 nitrogen and oxygen atoms in total. The van der Waals surface area contributed by atoms with Gasteiger partial charge in [-0.25, -0.2) is 0 Å². The van der Waals surface area contributed by atoms with E-state index in [9.17, 15) is 5.11 Å². The molecule has 3 aromatic rings. The van der Waals surface area contributed by atoms with E-state index >= 15 is 0 Å². The van der Waals surface area contributed by atoms with Gasteiger partial charge in [0.2, 0.25) is 0 Å². The van der Waals surface area contributed by atoms with Crippen molar-refractivity contribution in [1.29, 1.82) is 0 Å². The second-order valence-corrected chi connectivity index (χ2v) is 5.62. The predicted molar refractivity (Wildman–Crippen MR) is 85.2 cm³/mol. The van der Waals surface area contributed by atoms with Crippen LogP contribution in [0.1, 0.15) is 22.3 Å². The fourth-order valence-corrected chi connectivity index (χ4v) is 3.52. The Hall–Kier alpha value is -2.38. The molecule has 0 aliphatic heterocycles. The number of hydrogen-bond acceptors (Lipinski definition) is 1. The Balaban J connectivity index is 2.13.